The molecule has 172 valence electrons. The molecule has 29 heavy (non-hydrogen) atoms. The van der Waals surface area contributed by atoms with Gasteiger partial charge < -0.3 is 0 Å². The Kier molecular flexibility index (Phi) is 6.03. The van der Waals surface area contributed by atoms with Gasteiger partial charge in [-0.15, -0.1) is 0 Å². The summed E-state index contributed by atoms with van der Waals surface area (Å²) in [4.78, 5) is 11.3. The first kappa shape index (κ1) is 25.7. The van der Waals surface area contributed by atoms with Crippen LogP contribution in [-0.4, -0.2) is 47.5 Å². The van der Waals surface area contributed by atoms with Crippen LogP contribution in [0.5, 0.6) is 0 Å². The lowest BCUT2D eigenvalue weighted by Crippen LogP contribution is -2.73. The average molecular weight is 466 g/mol. The second-order valence-corrected chi connectivity index (χ2v) is 6.26. The molecule has 0 radical (unpaired) electrons. The second-order valence-electron chi connectivity index (χ2n) is 6.26. The number of hydrogen-bond donors (Lipinski definition) is 0. The first-order valence-electron chi connectivity index (χ1n) is 7.38. The number of alkyl halides is 15. The molecule has 1 rings (SSSR count). The highest BCUT2D eigenvalue weighted by atomic mass is 19.4. The lowest BCUT2D eigenvalue weighted by molar-refractivity contribution is -0.454. The van der Waals surface area contributed by atoms with E-state index < -0.39 is 72.7 Å². The Morgan fingerprint density at radius 2 is 0.931 bits per heavy atom. The van der Waals surface area contributed by atoms with Gasteiger partial charge in [-0.25, -0.2) is 0 Å². The first-order valence-corrected chi connectivity index (χ1v) is 7.38. The number of carbonyl (C=O) groups excluding carboxylic acids is 1. The molecule has 1 nitrogen and oxygen atoms in total. The van der Waals surface area contributed by atoms with E-state index in [-0.39, 0.29) is 6.42 Å². The predicted octanol–water partition coefficient (Wildman–Crippen LogP) is 6.12. The summed E-state index contributed by atoms with van der Waals surface area (Å²) in [7, 11) is 0. The quantitative estimate of drug-likeness (QED) is 0.432. The molecular formula is C13H9F15O. The third-order valence-corrected chi connectivity index (χ3v) is 4.34. The van der Waals surface area contributed by atoms with Crippen LogP contribution < -0.4 is 0 Å². The summed E-state index contributed by atoms with van der Waals surface area (Å²) in [6, 6.07) is 0. The molecule has 0 spiro atoms. The van der Waals surface area contributed by atoms with Crippen LogP contribution in [0.3, 0.4) is 0 Å². The van der Waals surface area contributed by atoms with Crippen LogP contribution in [0.15, 0.2) is 0 Å². The normalized spacial score (nSPS) is 21.5. The van der Waals surface area contributed by atoms with Gasteiger partial charge in [0, 0.05) is 6.42 Å². The van der Waals surface area contributed by atoms with Crippen molar-refractivity contribution in [3.63, 3.8) is 0 Å². The number of carbonyl (C=O) groups is 1. The number of hydrogen-bond acceptors (Lipinski definition) is 1. The van der Waals surface area contributed by atoms with Crippen molar-refractivity contribution in [1.29, 1.82) is 0 Å². The van der Waals surface area contributed by atoms with Gasteiger partial charge in [-0.1, -0.05) is 6.42 Å². The highest BCUT2D eigenvalue weighted by molar-refractivity contribution is 5.82. The molecule has 1 aliphatic carbocycles. The molecule has 16 heteroatoms. The molecule has 0 aromatic carbocycles. The van der Waals surface area contributed by atoms with Gasteiger partial charge in [-0.05, 0) is 12.8 Å². The minimum Gasteiger partial charge on any atom is -0.299 e. The smallest absolute Gasteiger partial charge is 0.299 e. The van der Waals surface area contributed by atoms with E-state index in [4.69, 9.17) is 0 Å². The fraction of sp³-hybridized carbons (Fsp3) is 0.923. The summed E-state index contributed by atoms with van der Waals surface area (Å²) < 4.78 is 196. The maximum Gasteiger partial charge on any atom is 0.460 e. The van der Waals surface area contributed by atoms with E-state index in [1.165, 1.54) is 0 Å². The van der Waals surface area contributed by atoms with Crippen molar-refractivity contribution in [2.75, 3.05) is 0 Å². The van der Waals surface area contributed by atoms with Crippen molar-refractivity contribution in [2.45, 2.75) is 67.4 Å². The van der Waals surface area contributed by atoms with E-state index in [9.17, 15) is 70.7 Å². The van der Waals surface area contributed by atoms with E-state index in [2.05, 4.69) is 0 Å². The van der Waals surface area contributed by atoms with Crippen molar-refractivity contribution < 1.29 is 70.7 Å². The third kappa shape index (κ3) is 3.33. The van der Waals surface area contributed by atoms with Gasteiger partial charge in [0.25, 0.3) is 0 Å². The van der Waals surface area contributed by atoms with Crippen LogP contribution in [0.4, 0.5) is 65.9 Å². The van der Waals surface area contributed by atoms with Gasteiger partial charge in [0.2, 0.25) is 0 Å². The Morgan fingerprint density at radius 1 is 0.552 bits per heavy atom. The standard InChI is InChI=1S/C13H9F15O/c14-7(15,5-3-1-2-4-6(5)29)8(16,17)9(18,19)10(20,21)11(22,23)12(24,25)13(26,27)28/h5H,1-4H2. The highest BCUT2D eigenvalue weighted by Gasteiger charge is 2.93. The molecular weight excluding hydrogens is 457 g/mol. The van der Waals surface area contributed by atoms with Gasteiger partial charge in [0.15, 0.2) is 0 Å². The number of ketones is 1. The van der Waals surface area contributed by atoms with Crippen LogP contribution in [0.2, 0.25) is 0 Å². The Labute approximate surface area is 151 Å². The van der Waals surface area contributed by atoms with Crippen LogP contribution in [0, 0.1) is 5.92 Å². The number of rotatable bonds is 6. The maximum absolute atomic E-state index is 13.8. The zero-order chi connectivity index (χ0) is 23.5. The van der Waals surface area contributed by atoms with E-state index >= 15 is 0 Å². The summed E-state index contributed by atoms with van der Waals surface area (Å²) in [5, 5.41) is 0. The van der Waals surface area contributed by atoms with Crippen LogP contribution in [0.25, 0.3) is 0 Å². The molecule has 0 saturated heterocycles. The second kappa shape index (κ2) is 6.82. The van der Waals surface area contributed by atoms with Gasteiger partial charge in [-0.3, -0.25) is 4.79 Å². The minimum absolute atomic E-state index is 0.181. The van der Waals surface area contributed by atoms with E-state index in [1.807, 2.05) is 0 Å². The minimum atomic E-state index is -8.32. The van der Waals surface area contributed by atoms with Crippen molar-refractivity contribution in [3.05, 3.63) is 0 Å². The lowest BCUT2D eigenvalue weighted by atomic mass is 9.78. The van der Waals surface area contributed by atoms with Crippen molar-refractivity contribution in [2.24, 2.45) is 5.92 Å². The first-order chi connectivity index (χ1) is 12.5. The van der Waals surface area contributed by atoms with Crippen LogP contribution in [0.1, 0.15) is 25.7 Å². The van der Waals surface area contributed by atoms with Gasteiger partial charge >= 0.3 is 41.7 Å². The summed E-state index contributed by atoms with van der Waals surface area (Å²) in [6.45, 7) is 0. The van der Waals surface area contributed by atoms with E-state index in [0.29, 0.717) is 0 Å². The molecule has 1 saturated carbocycles. The van der Waals surface area contributed by atoms with Crippen LogP contribution >= 0.6 is 0 Å². The van der Waals surface area contributed by atoms with Gasteiger partial charge in [-0.2, -0.15) is 65.9 Å². The molecule has 0 amide bonds. The SMILES string of the molecule is O=C1CCCCC1C(F)(F)C(F)(F)C(F)(F)C(F)(F)C(F)(F)C(F)(F)C(F)(F)F. The Bertz CT molecular complexity index is 633. The lowest BCUT2D eigenvalue weighted by Gasteiger charge is -2.43. The summed E-state index contributed by atoms with van der Waals surface area (Å²) in [5.74, 6) is -52.0. The Morgan fingerprint density at radius 3 is 1.31 bits per heavy atom. The molecule has 1 atom stereocenters. The molecule has 0 N–H and O–H groups in total. The molecule has 0 bridgehead atoms. The number of halogens is 15. The van der Waals surface area contributed by atoms with Gasteiger partial charge in [0.05, 0.1) is 5.92 Å². The average Bonchev–Trinajstić information content (AvgIpc) is 2.53. The van der Waals surface area contributed by atoms with E-state index in [1.54, 1.807) is 0 Å². The van der Waals surface area contributed by atoms with Crippen molar-refractivity contribution in [1.82, 2.24) is 0 Å². The maximum atomic E-state index is 13.8. The summed E-state index contributed by atoms with van der Waals surface area (Å²) >= 11 is 0. The van der Waals surface area contributed by atoms with Gasteiger partial charge in [0.1, 0.15) is 5.78 Å². The number of Topliss-reactive ketones (excluding diaryl/α,β-unsaturated/α-hetero) is 1. The Balaban J connectivity index is 3.55. The molecule has 1 fully saturated rings. The highest BCUT2D eigenvalue weighted by Crippen LogP contribution is 2.63. The van der Waals surface area contributed by atoms with Crippen LogP contribution in [-0.2, 0) is 4.79 Å². The molecule has 1 aliphatic rings. The fourth-order valence-electron chi connectivity index (χ4n) is 2.56. The van der Waals surface area contributed by atoms with E-state index in [0.717, 1.165) is 0 Å². The molecule has 0 aromatic rings. The monoisotopic (exact) mass is 466 g/mol. The zero-order valence-electron chi connectivity index (χ0n) is 13.5. The van der Waals surface area contributed by atoms with Crippen molar-refractivity contribution >= 4 is 5.78 Å². The summed E-state index contributed by atoms with van der Waals surface area (Å²) in [5.41, 5.74) is 0. The Hall–Kier alpha value is -1.38. The largest absolute Gasteiger partial charge is 0.460 e. The summed E-state index contributed by atoms with van der Waals surface area (Å²) in [6.07, 6.45) is -10.4. The van der Waals surface area contributed by atoms with Crippen molar-refractivity contribution in [3.8, 4) is 0 Å². The fourth-order valence-corrected chi connectivity index (χ4v) is 2.56. The predicted molar refractivity (Wildman–Crippen MR) is 62.7 cm³/mol. The zero-order valence-corrected chi connectivity index (χ0v) is 13.5. The third-order valence-electron chi connectivity index (χ3n) is 4.34. The molecule has 0 aliphatic heterocycles. The topological polar surface area (TPSA) is 17.1 Å². The molecule has 0 heterocycles. The molecule has 1 unspecified atom stereocenters. The molecule has 0 aromatic heterocycles.